The standard InChI is InChI=1S/C26H31N3O5/c1-26(2)14-18(10-13-34-26)29-24(31)20-8-3-9-21(22(20)25(29)32)28-11-4-6-17(16-28)23(30)27-15-19-7-5-12-33-19/h3,5,7-9,12,17-18H,4,6,10-11,13-16H2,1-2H3,(H,27,30)/t17-,18+/m0/s1. The molecule has 0 saturated carbocycles. The third-order valence-corrected chi connectivity index (χ3v) is 7.11. The summed E-state index contributed by atoms with van der Waals surface area (Å²) in [7, 11) is 0. The van der Waals surface area contributed by atoms with Crippen molar-refractivity contribution >= 4 is 23.4 Å². The Labute approximate surface area is 199 Å². The number of carbonyl (C=O) groups excluding carboxylic acids is 3. The van der Waals surface area contributed by atoms with Gasteiger partial charge in [0.2, 0.25) is 5.91 Å². The maximum absolute atomic E-state index is 13.6. The van der Waals surface area contributed by atoms with E-state index >= 15 is 0 Å². The summed E-state index contributed by atoms with van der Waals surface area (Å²) in [5.41, 5.74) is 1.29. The summed E-state index contributed by atoms with van der Waals surface area (Å²) in [6.07, 6.45) is 4.47. The lowest BCUT2D eigenvalue weighted by molar-refractivity contribution is -0.125. The minimum absolute atomic E-state index is 0.0258. The van der Waals surface area contributed by atoms with Gasteiger partial charge in [-0.1, -0.05) is 6.07 Å². The van der Waals surface area contributed by atoms with Gasteiger partial charge >= 0.3 is 0 Å². The van der Waals surface area contributed by atoms with Crippen LogP contribution in [0, 0.1) is 5.92 Å². The van der Waals surface area contributed by atoms with Crippen molar-refractivity contribution in [1.82, 2.24) is 10.2 Å². The van der Waals surface area contributed by atoms with E-state index in [2.05, 4.69) is 10.2 Å². The summed E-state index contributed by atoms with van der Waals surface area (Å²) in [4.78, 5) is 43.2. The number of carbonyl (C=O) groups is 3. The second-order valence-electron chi connectivity index (χ2n) is 10.0. The van der Waals surface area contributed by atoms with Gasteiger partial charge in [-0.3, -0.25) is 19.3 Å². The SMILES string of the molecule is CC1(C)C[C@H](N2C(=O)c3cccc(N4CCC[C@H](C(=O)NCc5ccco5)C4)c3C2=O)CCO1. The van der Waals surface area contributed by atoms with Crippen LogP contribution in [0.5, 0.6) is 0 Å². The van der Waals surface area contributed by atoms with Crippen LogP contribution in [0.25, 0.3) is 0 Å². The van der Waals surface area contributed by atoms with Crippen LogP contribution in [0.4, 0.5) is 5.69 Å². The lowest BCUT2D eigenvalue weighted by atomic mass is 9.93. The van der Waals surface area contributed by atoms with Gasteiger partial charge in [0.15, 0.2) is 0 Å². The second-order valence-corrected chi connectivity index (χ2v) is 10.0. The Bertz CT molecular complexity index is 1090. The lowest BCUT2D eigenvalue weighted by Gasteiger charge is -2.39. The minimum atomic E-state index is -0.371. The number of hydrogen-bond donors (Lipinski definition) is 1. The Balaban J connectivity index is 1.34. The van der Waals surface area contributed by atoms with Crippen molar-refractivity contribution in [3.63, 3.8) is 0 Å². The molecule has 2 fully saturated rings. The summed E-state index contributed by atoms with van der Waals surface area (Å²) >= 11 is 0. The molecule has 4 heterocycles. The quantitative estimate of drug-likeness (QED) is 0.681. The number of rotatable bonds is 5. The van der Waals surface area contributed by atoms with Gasteiger partial charge in [0, 0.05) is 25.7 Å². The molecule has 3 amide bonds. The molecule has 0 spiro atoms. The predicted molar refractivity (Wildman–Crippen MR) is 125 cm³/mol. The number of furan rings is 1. The molecule has 0 unspecified atom stereocenters. The van der Waals surface area contributed by atoms with Gasteiger partial charge < -0.3 is 19.4 Å². The van der Waals surface area contributed by atoms with E-state index in [1.54, 1.807) is 18.4 Å². The van der Waals surface area contributed by atoms with E-state index in [-0.39, 0.29) is 35.3 Å². The third-order valence-electron chi connectivity index (χ3n) is 7.11. The molecule has 3 aliphatic rings. The molecule has 0 radical (unpaired) electrons. The van der Waals surface area contributed by atoms with E-state index in [0.29, 0.717) is 49.4 Å². The number of piperidine rings is 1. The van der Waals surface area contributed by atoms with E-state index in [0.717, 1.165) is 25.1 Å². The molecule has 8 heteroatoms. The fraction of sp³-hybridized carbons (Fsp3) is 0.500. The molecule has 1 N–H and O–H groups in total. The van der Waals surface area contributed by atoms with Crippen molar-refractivity contribution in [1.29, 1.82) is 0 Å². The molecule has 180 valence electrons. The maximum atomic E-state index is 13.6. The van der Waals surface area contributed by atoms with Crippen molar-refractivity contribution in [2.45, 2.75) is 57.7 Å². The van der Waals surface area contributed by atoms with Crippen LogP contribution >= 0.6 is 0 Å². The van der Waals surface area contributed by atoms with E-state index in [9.17, 15) is 14.4 Å². The summed E-state index contributed by atoms with van der Waals surface area (Å²) in [5, 5.41) is 2.95. The highest BCUT2D eigenvalue weighted by Gasteiger charge is 2.45. The fourth-order valence-corrected chi connectivity index (χ4v) is 5.44. The van der Waals surface area contributed by atoms with Crippen molar-refractivity contribution in [3.05, 3.63) is 53.5 Å². The number of ether oxygens (including phenoxy) is 1. The molecule has 1 aromatic heterocycles. The van der Waals surface area contributed by atoms with Crippen molar-refractivity contribution < 1.29 is 23.5 Å². The molecule has 5 rings (SSSR count). The lowest BCUT2D eigenvalue weighted by Crippen LogP contribution is -2.48. The number of nitrogens with zero attached hydrogens (tertiary/aromatic N) is 2. The number of benzene rings is 1. The predicted octanol–water partition coefficient (Wildman–Crippen LogP) is 3.37. The van der Waals surface area contributed by atoms with Crippen LogP contribution in [-0.2, 0) is 16.1 Å². The average molecular weight is 466 g/mol. The fourth-order valence-electron chi connectivity index (χ4n) is 5.44. The van der Waals surface area contributed by atoms with Crippen LogP contribution in [0.1, 0.15) is 66.0 Å². The van der Waals surface area contributed by atoms with Crippen LogP contribution in [-0.4, -0.2) is 54.0 Å². The number of hydrogen-bond acceptors (Lipinski definition) is 6. The monoisotopic (exact) mass is 465 g/mol. The van der Waals surface area contributed by atoms with Gasteiger partial charge in [0.05, 0.1) is 41.1 Å². The van der Waals surface area contributed by atoms with Crippen molar-refractivity contribution in [2.75, 3.05) is 24.6 Å². The Morgan fingerprint density at radius 2 is 2.00 bits per heavy atom. The first-order valence-corrected chi connectivity index (χ1v) is 12.0. The largest absolute Gasteiger partial charge is 0.467 e. The van der Waals surface area contributed by atoms with Crippen molar-refractivity contribution in [2.24, 2.45) is 5.92 Å². The molecule has 0 bridgehead atoms. The third kappa shape index (κ3) is 4.22. The number of anilines is 1. The highest BCUT2D eigenvalue weighted by Crippen LogP contribution is 2.38. The first-order valence-electron chi connectivity index (χ1n) is 12.0. The Morgan fingerprint density at radius 3 is 2.76 bits per heavy atom. The highest BCUT2D eigenvalue weighted by atomic mass is 16.5. The molecular weight excluding hydrogens is 434 g/mol. The molecule has 3 aliphatic heterocycles. The van der Waals surface area contributed by atoms with Gasteiger partial charge in [-0.15, -0.1) is 0 Å². The van der Waals surface area contributed by atoms with E-state index < -0.39 is 0 Å². The summed E-state index contributed by atoms with van der Waals surface area (Å²) < 4.78 is 11.1. The van der Waals surface area contributed by atoms with Crippen LogP contribution in [0.2, 0.25) is 0 Å². The number of nitrogens with one attached hydrogen (secondary N) is 1. The molecule has 0 aliphatic carbocycles. The normalized spacial score (nSPS) is 24.3. The number of fused-ring (bicyclic) bond motifs is 1. The molecule has 8 nitrogen and oxygen atoms in total. The topological polar surface area (TPSA) is 92.1 Å². The second kappa shape index (κ2) is 8.91. The van der Waals surface area contributed by atoms with Gasteiger partial charge in [0.25, 0.3) is 11.8 Å². The van der Waals surface area contributed by atoms with Crippen LogP contribution in [0.3, 0.4) is 0 Å². The minimum Gasteiger partial charge on any atom is -0.467 e. The van der Waals surface area contributed by atoms with E-state index in [4.69, 9.17) is 9.15 Å². The number of amides is 3. The zero-order valence-corrected chi connectivity index (χ0v) is 19.7. The Hall–Kier alpha value is -3.13. The summed E-state index contributed by atoms with van der Waals surface area (Å²) in [6.45, 7) is 6.11. The van der Waals surface area contributed by atoms with Crippen LogP contribution < -0.4 is 10.2 Å². The average Bonchev–Trinajstić information content (AvgIpc) is 3.43. The van der Waals surface area contributed by atoms with Crippen LogP contribution in [0.15, 0.2) is 41.0 Å². The zero-order valence-electron chi connectivity index (χ0n) is 19.7. The van der Waals surface area contributed by atoms with Gasteiger partial charge in [-0.25, -0.2) is 0 Å². The highest BCUT2D eigenvalue weighted by molar-refractivity contribution is 6.24. The maximum Gasteiger partial charge on any atom is 0.263 e. The van der Waals surface area contributed by atoms with Gasteiger partial charge in [-0.05, 0) is 63.8 Å². The van der Waals surface area contributed by atoms with Gasteiger partial charge in [-0.2, -0.15) is 0 Å². The molecular formula is C26H31N3O5. The summed E-state index contributed by atoms with van der Waals surface area (Å²) in [6, 6.07) is 8.91. The molecule has 2 atom stereocenters. The zero-order chi connectivity index (χ0) is 23.9. The van der Waals surface area contributed by atoms with E-state index in [1.165, 1.54) is 4.90 Å². The molecule has 34 heavy (non-hydrogen) atoms. The Kier molecular flexibility index (Phi) is 5.93. The molecule has 2 aromatic rings. The molecule has 2 saturated heterocycles. The number of imide groups is 1. The first kappa shape index (κ1) is 22.7. The van der Waals surface area contributed by atoms with Gasteiger partial charge in [0.1, 0.15) is 5.76 Å². The van der Waals surface area contributed by atoms with Crippen molar-refractivity contribution in [3.8, 4) is 0 Å². The Morgan fingerprint density at radius 1 is 1.15 bits per heavy atom. The summed E-state index contributed by atoms with van der Waals surface area (Å²) in [5.74, 6) is 0.0284. The van der Waals surface area contributed by atoms with E-state index in [1.807, 2.05) is 32.0 Å². The first-order chi connectivity index (χ1) is 16.3. The smallest absolute Gasteiger partial charge is 0.263 e. The molecule has 1 aromatic carbocycles.